The standard InChI is InChI=1S/C12H13N3O5/c1-14-9-8(10(16)15(2)12(14)18)7(19-3)5-6(13-9)11(17)20-4/h5H,1-4H3. The summed E-state index contributed by atoms with van der Waals surface area (Å²) in [7, 11) is 5.39. The lowest BCUT2D eigenvalue weighted by atomic mass is 10.2. The van der Waals surface area contributed by atoms with E-state index in [4.69, 9.17) is 4.74 Å². The highest BCUT2D eigenvalue weighted by molar-refractivity contribution is 5.92. The SMILES string of the molecule is COC(=O)c1cc(OC)c2c(=O)n(C)c(=O)n(C)c2n1. The lowest BCUT2D eigenvalue weighted by Gasteiger charge is -2.11. The van der Waals surface area contributed by atoms with Crippen LogP contribution in [0.2, 0.25) is 0 Å². The Labute approximate surface area is 113 Å². The van der Waals surface area contributed by atoms with Gasteiger partial charge in [-0.3, -0.25) is 13.9 Å². The third-order valence-electron chi connectivity index (χ3n) is 2.99. The fourth-order valence-electron chi connectivity index (χ4n) is 1.89. The Morgan fingerprint density at radius 2 is 1.85 bits per heavy atom. The molecule has 0 aromatic carbocycles. The van der Waals surface area contributed by atoms with E-state index >= 15 is 0 Å². The molecule has 0 N–H and O–H groups in total. The van der Waals surface area contributed by atoms with E-state index in [-0.39, 0.29) is 22.5 Å². The lowest BCUT2D eigenvalue weighted by Crippen LogP contribution is -2.37. The van der Waals surface area contributed by atoms with Gasteiger partial charge in [0.15, 0.2) is 11.3 Å². The molecule has 0 radical (unpaired) electrons. The van der Waals surface area contributed by atoms with Crippen molar-refractivity contribution in [3.63, 3.8) is 0 Å². The molecule has 2 heterocycles. The average molecular weight is 279 g/mol. The van der Waals surface area contributed by atoms with Gasteiger partial charge in [-0.2, -0.15) is 0 Å². The predicted molar refractivity (Wildman–Crippen MR) is 70.1 cm³/mol. The van der Waals surface area contributed by atoms with Gasteiger partial charge in [-0.05, 0) is 0 Å². The second kappa shape index (κ2) is 4.80. The van der Waals surface area contributed by atoms with Crippen LogP contribution in [0.4, 0.5) is 0 Å². The van der Waals surface area contributed by atoms with E-state index in [0.29, 0.717) is 0 Å². The number of rotatable bonds is 2. The summed E-state index contributed by atoms with van der Waals surface area (Å²) in [6.45, 7) is 0. The number of methoxy groups -OCH3 is 2. The zero-order valence-corrected chi connectivity index (χ0v) is 11.5. The minimum Gasteiger partial charge on any atom is -0.496 e. The predicted octanol–water partition coefficient (Wildman–Crippen LogP) is -0.573. The molecular weight excluding hydrogens is 266 g/mol. The van der Waals surface area contributed by atoms with Crippen LogP contribution in [0.1, 0.15) is 10.5 Å². The lowest BCUT2D eigenvalue weighted by molar-refractivity contribution is 0.0594. The molecule has 0 aliphatic rings. The number of pyridine rings is 1. The summed E-state index contributed by atoms with van der Waals surface area (Å²) in [4.78, 5) is 39.6. The molecule has 0 spiro atoms. The summed E-state index contributed by atoms with van der Waals surface area (Å²) in [6.07, 6.45) is 0. The van der Waals surface area contributed by atoms with Crippen LogP contribution in [0.15, 0.2) is 15.7 Å². The number of ether oxygens (including phenoxy) is 2. The van der Waals surface area contributed by atoms with Crippen LogP contribution in [0, 0.1) is 0 Å². The maximum atomic E-state index is 12.1. The second-order valence-electron chi connectivity index (χ2n) is 4.11. The van der Waals surface area contributed by atoms with Crippen LogP contribution in [0.5, 0.6) is 5.75 Å². The van der Waals surface area contributed by atoms with Crippen molar-refractivity contribution in [2.45, 2.75) is 0 Å². The maximum absolute atomic E-state index is 12.1. The van der Waals surface area contributed by atoms with Gasteiger partial charge in [0.25, 0.3) is 5.56 Å². The highest BCUT2D eigenvalue weighted by atomic mass is 16.5. The number of hydrogen-bond donors (Lipinski definition) is 0. The third kappa shape index (κ3) is 1.85. The molecule has 0 amide bonds. The van der Waals surface area contributed by atoms with Crippen molar-refractivity contribution in [2.75, 3.05) is 14.2 Å². The summed E-state index contributed by atoms with van der Waals surface area (Å²) < 4.78 is 11.8. The molecule has 0 fully saturated rings. The molecule has 20 heavy (non-hydrogen) atoms. The van der Waals surface area contributed by atoms with Gasteiger partial charge in [0.1, 0.15) is 11.1 Å². The van der Waals surface area contributed by atoms with Gasteiger partial charge in [-0.15, -0.1) is 0 Å². The highest BCUT2D eigenvalue weighted by Gasteiger charge is 2.19. The zero-order chi connectivity index (χ0) is 15.0. The van der Waals surface area contributed by atoms with E-state index in [2.05, 4.69) is 9.72 Å². The van der Waals surface area contributed by atoms with Gasteiger partial charge in [0, 0.05) is 20.2 Å². The summed E-state index contributed by atoms with van der Waals surface area (Å²) in [5, 5.41) is 0.129. The van der Waals surface area contributed by atoms with Crippen molar-refractivity contribution in [2.24, 2.45) is 14.1 Å². The molecule has 8 heteroatoms. The van der Waals surface area contributed by atoms with Crippen molar-refractivity contribution in [3.05, 3.63) is 32.6 Å². The Bertz CT molecular complexity index is 818. The van der Waals surface area contributed by atoms with E-state index in [1.54, 1.807) is 0 Å². The van der Waals surface area contributed by atoms with E-state index < -0.39 is 17.2 Å². The molecule has 2 aromatic heterocycles. The van der Waals surface area contributed by atoms with Gasteiger partial charge in [0.2, 0.25) is 0 Å². The Hall–Kier alpha value is -2.64. The number of carbonyl (C=O) groups excluding carboxylic acids is 1. The Kier molecular flexibility index (Phi) is 3.31. The third-order valence-corrected chi connectivity index (χ3v) is 2.99. The van der Waals surface area contributed by atoms with Gasteiger partial charge < -0.3 is 9.47 Å². The minimum absolute atomic E-state index is 0.0416. The topological polar surface area (TPSA) is 92.4 Å². The second-order valence-corrected chi connectivity index (χ2v) is 4.11. The first-order chi connectivity index (χ1) is 9.42. The summed E-state index contributed by atoms with van der Waals surface area (Å²) in [6, 6.07) is 1.31. The van der Waals surface area contributed by atoms with Crippen molar-refractivity contribution in [3.8, 4) is 5.75 Å². The van der Waals surface area contributed by atoms with Gasteiger partial charge in [0.05, 0.1) is 14.2 Å². The summed E-state index contributed by atoms with van der Waals surface area (Å²) in [5.41, 5.74) is -1.05. The number of hydrogen-bond acceptors (Lipinski definition) is 6. The minimum atomic E-state index is -0.682. The first-order valence-corrected chi connectivity index (χ1v) is 5.65. The fraction of sp³-hybridized carbons (Fsp3) is 0.333. The molecule has 106 valence electrons. The molecule has 0 atom stereocenters. The molecule has 2 aromatic rings. The van der Waals surface area contributed by atoms with E-state index in [1.165, 1.54) is 38.9 Å². The molecule has 0 aliphatic carbocycles. The van der Waals surface area contributed by atoms with Crippen LogP contribution in [0.3, 0.4) is 0 Å². The number of aryl methyl sites for hydroxylation is 1. The first kappa shape index (κ1) is 13.8. The van der Waals surface area contributed by atoms with Crippen LogP contribution < -0.4 is 16.0 Å². The summed E-state index contributed by atoms with van der Waals surface area (Å²) in [5.74, 6) is -0.523. The zero-order valence-electron chi connectivity index (χ0n) is 11.5. The maximum Gasteiger partial charge on any atom is 0.356 e. The molecule has 0 saturated carbocycles. The molecule has 2 rings (SSSR count). The number of esters is 1. The molecule has 0 unspecified atom stereocenters. The Morgan fingerprint density at radius 1 is 1.20 bits per heavy atom. The molecule has 0 bridgehead atoms. The summed E-state index contributed by atoms with van der Waals surface area (Å²) >= 11 is 0. The van der Waals surface area contributed by atoms with E-state index in [9.17, 15) is 14.4 Å². The van der Waals surface area contributed by atoms with E-state index in [1.807, 2.05) is 0 Å². The van der Waals surface area contributed by atoms with Gasteiger partial charge >= 0.3 is 11.7 Å². The van der Waals surface area contributed by atoms with E-state index in [0.717, 1.165) is 4.57 Å². The number of aromatic nitrogens is 3. The Morgan fingerprint density at radius 3 is 2.40 bits per heavy atom. The highest BCUT2D eigenvalue weighted by Crippen LogP contribution is 2.21. The quantitative estimate of drug-likeness (QED) is 0.683. The number of nitrogens with zero attached hydrogens (tertiary/aromatic N) is 3. The van der Waals surface area contributed by atoms with Crippen LogP contribution in [-0.4, -0.2) is 34.3 Å². The van der Waals surface area contributed by atoms with Crippen LogP contribution >= 0.6 is 0 Å². The Balaban J connectivity index is 3.03. The first-order valence-electron chi connectivity index (χ1n) is 5.65. The van der Waals surface area contributed by atoms with Gasteiger partial charge in [-0.1, -0.05) is 0 Å². The van der Waals surface area contributed by atoms with Crippen LogP contribution in [-0.2, 0) is 18.8 Å². The van der Waals surface area contributed by atoms with Crippen molar-refractivity contribution >= 4 is 17.0 Å². The van der Waals surface area contributed by atoms with Crippen LogP contribution in [0.25, 0.3) is 11.0 Å². The fourth-order valence-corrected chi connectivity index (χ4v) is 1.89. The van der Waals surface area contributed by atoms with Crippen molar-refractivity contribution in [1.82, 2.24) is 14.1 Å². The molecular formula is C12H13N3O5. The van der Waals surface area contributed by atoms with Crippen molar-refractivity contribution in [1.29, 1.82) is 0 Å². The van der Waals surface area contributed by atoms with Gasteiger partial charge in [-0.25, -0.2) is 14.6 Å². The molecule has 0 saturated heterocycles. The normalized spacial score (nSPS) is 10.6. The number of fused-ring (bicyclic) bond motifs is 1. The monoisotopic (exact) mass is 279 g/mol. The molecule has 8 nitrogen and oxygen atoms in total. The average Bonchev–Trinajstić information content (AvgIpc) is 2.48. The molecule has 0 aliphatic heterocycles. The largest absolute Gasteiger partial charge is 0.496 e. The van der Waals surface area contributed by atoms with Crippen molar-refractivity contribution < 1.29 is 14.3 Å². The number of carbonyl (C=O) groups is 1. The smallest absolute Gasteiger partial charge is 0.356 e.